The average Bonchev–Trinajstić information content (AvgIpc) is 2.24. The van der Waals surface area contributed by atoms with E-state index in [1.165, 1.54) is 0 Å². The third-order valence-electron chi connectivity index (χ3n) is 3.19. The van der Waals surface area contributed by atoms with Crippen molar-refractivity contribution in [2.45, 2.75) is 39.7 Å². The minimum Gasteiger partial charge on any atom is -0.345 e. The maximum absolute atomic E-state index is 11.6. The quantitative estimate of drug-likeness (QED) is 0.748. The molecule has 15 heavy (non-hydrogen) atoms. The molecule has 1 heterocycles. The van der Waals surface area contributed by atoms with E-state index in [2.05, 4.69) is 19.2 Å². The molecule has 1 aliphatic rings. The number of carbonyl (C=O) groups excluding carboxylic acids is 2. The first-order chi connectivity index (χ1) is 7.10. The molecule has 1 aliphatic heterocycles. The molecule has 1 unspecified atom stereocenters. The number of hydrogen-bond donors (Lipinski definition) is 1. The first-order valence-corrected chi connectivity index (χ1v) is 5.67. The Labute approximate surface area is 91.0 Å². The highest BCUT2D eigenvalue weighted by Gasteiger charge is 2.31. The zero-order valence-electron chi connectivity index (χ0n) is 9.75. The molecule has 4 nitrogen and oxygen atoms in total. The van der Waals surface area contributed by atoms with Gasteiger partial charge in [0.05, 0.1) is 6.54 Å². The molecule has 1 saturated heterocycles. The summed E-state index contributed by atoms with van der Waals surface area (Å²) in [5.74, 6) is 0.497. The fourth-order valence-corrected chi connectivity index (χ4v) is 1.85. The first-order valence-electron chi connectivity index (χ1n) is 5.67. The predicted molar refractivity (Wildman–Crippen MR) is 58.3 cm³/mol. The Bertz CT molecular complexity index is 249. The molecular formula is C11H20N2O2. The molecule has 1 rings (SSSR count). The fourth-order valence-electron chi connectivity index (χ4n) is 1.85. The maximum Gasteiger partial charge on any atom is 0.242 e. The van der Waals surface area contributed by atoms with Crippen LogP contribution in [-0.2, 0) is 9.59 Å². The van der Waals surface area contributed by atoms with Crippen molar-refractivity contribution >= 4 is 11.8 Å². The number of hydrogen-bond acceptors (Lipinski definition) is 2. The number of carbonyl (C=O) groups is 2. The zero-order valence-corrected chi connectivity index (χ0v) is 9.75. The summed E-state index contributed by atoms with van der Waals surface area (Å²) in [5, 5.41) is 2.59. The molecule has 0 spiro atoms. The minimum absolute atomic E-state index is 0.0361. The SMILES string of the molecule is CCC(CC)CN1C(=O)CNC(=O)C1C. The molecule has 86 valence electrons. The van der Waals surface area contributed by atoms with Gasteiger partial charge in [0, 0.05) is 6.54 Å². The van der Waals surface area contributed by atoms with E-state index < -0.39 is 0 Å². The molecule has 1 fully saturated rings. The van der Waals surface area contributed by atoms with Gasteiger partial charge >= 0.3 is 0 Å². The number of piperazine rings is 1. The minimum atomic E-state index is -0.313. The summed E-state index contributed by atoms with van der Waals surface area (Å²) >= 11 is 0. The van der Waals surface area contributed by atoms with Gasteiger partial charge < -0.3 is 10.2 Å². The van der Waals surface area contributed by atoms with Gasteiger partial charge in [-0.3, -0.25) is 9.59 Å². The van der Waals surface area contributed by atoms with Crippen LogP contribution >= 0.6 is 0 Å². The van der Waals surface area contributed by atoms with Crippen molar-refractivity contribution in [1.82, 2.24) is 10.2 Å². The predicted octanol–water partition coefficient (Wildman–Crippen LogP) is 0.769. The van der Waals surface area contributed by atoms with Crippen molar-refractivity contribution in [2.24, 2.45) is 5.92 Å². The van der Waals surface area contributed by atoms with Crippen molar-refractivity contribution < 1.29 is 9.59 Å². The average molecular weight is 212 g/mol. The molecule has 0 aromatic carbocycles. The van der Waals surface area contributed by atoms with E-state index in [1.54, 1.807) is 11.8 Å². The monoisotopic (exact) mass is 212 g/mol. The molecule has 2 amide bonds. The highest BCUT2D eigenvalue weighted by Crippen LogP contribution is 2.14. The molecule has 4 heteroatoms. The molecule has 1 atom stereocenters. The number of nitrogens with one attached hydrogen (secondary N) is 1. The van der Waals surface area contributed by atoms with Crippen LogP contribution in [-0.4, -0.2) is 35.8 Å². The molecule has 0 bridgehead atoms. The van der Waals surface area contributed by atoms with Crippen LogP contribution in [0.15, 0.2) is 0 Å². The van der Waals surface area contributed by atoms with Crippen molar-refractivity contribution in [3.63, 3.8) is 0 Å². The van der Waals surface area contributed by atoms with Crippen LogP contribution in [0.25, 0.3) is 0 Å². The van der Waals surface area contributed by atoms with Gasteiger partial charge in [0.1, 0.15) is 6.04 Å². The summed E-state index contributed by atoms with van der Waals surface area (Å²) < 4.78 is 0. The van der Waals surface area contributed by atoms with E-state index in [-0.39, 0.29) is 24.4 Å². The Morgan fingerprint density at radius 3 is 2.53 bits per heavy atom. The van der Waals surface area contributed by atoms with Gasteiger partial charge in [-0.2, -0.15) is 0 Å². The lowest BCUT2D eigenvalue weighted by Gasteiger charge is -2.35. The van der Waals surface area contributed by atoms with Gasteiger partial charge in [0.2, 0.25) is 11.8 Å². The van der Waals surface area contributed by atoms with Gasteiger partial charge in [-0.05, 0) is 12.8 Å². The van der Waals surface area contributed by atoms with Gasteiger partial charge in [0.15, 0.2) is 0 Å². The normalized spacial score (nSPS) is 22.1. The summed E-state index contributed by atoms with van der Waals surface area (Å²) in [6.07, 6.45) is 2.10. The van der Waals surface area contributed by atoms with Gasteiger partial charge in [-0.25, -0.2) is 0 Å². The van der Waals surface area contributed by atoms with E-state index in [1.807, 2.05) is 0 Å². The Morgan fingerprint density at radius 1 is 1.40 bits per heavy atom. The lowest BCUT2D eigenvalue weighted by Crippen LogP contribution is -2.58. The van der Waals surface area contributed by atoms with Crippen LogP contribution in [0.4, 0.5) is 0 Å². The highest BCUT2D eigenvalue weighted by atomic mass is 16.2. The van der Waals surface area contributed by atoms with E-state index >= 15 is 0 Å². The van der Waals surface area contributed by atoms with Crippen LogP contribution in [0.1, 0.15) is 33.6 Å². The summed E-state index contributed by atoms with van der Waals surface area (Å²) in [4.78, 5) is 24.7. The number of rotatable bonds is 4. The Morgan fingerprint density at radius 2 is 2.00 bits per heavy atom. The Balaban J connectivity index is 2.64. The van der Waals surface area contributed by atoms with E-state index in [9.17, 15) is 9.59 Å². The lowest BCUT2D eigenvalue weighted by molar-refractivity contribution is -0.145. The van der Waals surface area contributed by atoms with E-state index in [0.717, 1.165) is 12.8 Å². The Kier molecular flexibility index (Phi) is 4.12. The lowest BCUT2D eigenvalue weighted by atomic mass is 10.0. The summed E-state index contributed by atoms with van der Waals surface area (Å²) in [6, 6.07) is -0.313. The number of nitrogens with zero attached hydrogens (tertiary/aromatic N) is 1. The second-order valence-electron chi connectivity index (χ2n) is 4.12. The molecule has 0 saturated carbocycles. The van der Waals surface area contributed by atoms with Gasteiger partial charge in [-0.1, -0.05) is 26.7 Å². The Hall–Kier alpha value is -1.06. The molecular weight excluding hydrogens is 192 g/mol. The van der Waals surface area contributed by atoms with Crippen LogP contribution < -0.4 is 5.32 Å². The third kappa shape index (κ3) is 2.70. The summed E-state index contributed by atoms with van der Waals surface area (Å²) in [5.41, 5.74) is 0. The van der Waals surface area contributed by atoms with Crippen molar-refractivity contribution in [3.05, 3.63) is 0 Å². The topological polar surface area (TPSA) is 49.4 Å². The molecule has 0 aliphatic carbocycles. The van der Waals surface area contributed by atoms with Crippen LogP contribution in [0.2, 0.25) is 0 Å². The molecule has 1 N–H and O–H groups in total. The maximum atomic E-state index is 11.6. The van der Waals surface area contributed by atoms with Gasteiger partial charge in [-0.15, -0.1) is 0 Å². The van der Waals surface area contributed by atoms with Crippen LogP contribution in [0, 0.1) is 5.92 Å². The van der Waals surface area contributed by atoms with Crippen molar-refractivity contribution in [3.8, 4) is 0 Å². The first kappa shape index (κ1) is 12.0. The fraction of sp³-hybridized carbons (Fsp3) is 0.818. The molecule has 0 aromatic rings. The zero-order chi connectivity index (χ0) is 11.4. The number of amides is 2. The van der Waals surface area contributed by atoms with Crippen LogP contribution in [0.3, 0.4) is 0 Å². The van der Waals surface area contributed by atoms with Crippen molar-refractivity contribution in [2.75, 3.05) is 13.1 Å². The molecule has 0 aromatic heterocycles. The van der Waals surface area contributed by atoms with Crippen LogP contribution in [0.5, 0.6) is 0 Å². The smallest absolute Gasteiger partial charge is 0.242 e. The van der Waals surface area contributed by atoms with Gasteiger partial charge in [0.25, 0.3) is 0 Å². The van der Waals surface area contributed by atoms with E-state index in [4.69, 9.17) is 0 Å². The largest absolute Gasteiger partial charge is 0.345 e. The highest BCUT2D eigenvalue weighted by molar-refractivity contribution is 5.94. The van der Waals surface area contributed by atoms with Crippen molar-refractivity contribution in [1.29, 1.82) is 0 Å². The second kappa shape index (κ2) is 5.14. The standard InChI is InChI=1S/C11H20N2O2/c1-4-9(5-2)7-13-8(3)11(15)12-6-10(13)14/h8-9H,4-7H2,1-3H3,(H,12,15). The summed E-state index contributed by atoms with van der Waals surface area (Å²) in [6.45, 7) is 6.89. The molecule has 0 radical (unpaired) electrons. The van der Waals surface area contributed by atoms with E-state index in [0.29, 0.717) is 12.5 Å². The third-order valence-corrected chi connectivity index (χ3v) is 3.19. The second-order valence-corrected chi connectivity index (χ2v) is 4.12. The summed E-state index contributed by atoms with van der Waals surface area (Å²) in [7, 11) is 0.